The van der Waals surface area contributed by atoms with Gasteiger partial charge in [-0.15, -0.1) is 0 Å². The van der Waals surface area contributed by atoms with Crippen molar-refractivity contribution >= 4 is 10.5 Å². The first-order valence-electron chi connectivity index (χ1n) is 2.57. The van der Waals surface area contributed by atoms with Gasteiger partial charge in [-0.3, -0.25) is 0 Å². The summed E-state index contributed by atoms with van der Waals surface area (Å²) in [5.74, 6) is 1.75. The Balaban J connectivity index is 2.24. The van der Waals surface area contributed by atoms with Gasteiger partial charge >= 0.3 is 0 Å². The van der Waals surface area contributed by atoms with Crippen molar-refractivity contribution in [2.75, 3.05) is 0 Å². The van der Waals surface area contributed by atoms with Gasteiger partial charge in [0.15, 0.2) is 0 Å². The van der Waals surface area contributed by atoms with Crippen molar-refractivity contribution in [3.63, 3.8) is 0 Å². The van der Waals surface area contributed by atoms with E-state index in [0.29, 0.717) is 0 Å². The molecule has 1 nitrogen and oxygen atoms in total. The molecule has 0 N–H and O–H groups in total. The average Bonchev–Trinajstić information content (AvgIpc) is 2.44. The third-order valence-corrected chi connectivity index (χ3v) is 1.82. The lowest BCUT2D eigenvalue weighted by Gasteiger charge is -1.98. The van der Waals surface area contributed by atoms with Crippen molar-refractivity contribution in [1.29, 1.82) is 0 Å². The quantitative estimate of drug-likeness (QED) is 0.368. The van der Waals surface area contributed by atoms with Gasteiger partial charge in [-0.25, -0.2) is 0 Å². The lowest BCUT2D eigenvalue weighted by Crippen LogP contribution is -1.85. The summed E-state index contributed by atoms with van der Waals surface area (Å²) in [7, 11) is 0.811. The molecule has 0 heterocycles. The van der Waals surface area contributed by atoms with E-state index >= 15 is 0 Å². The molecule has 0 aromatic rings. The molecule has 2 heteroatoms. The van der Waals surface area contributed by atoms with E-state index in [0.717, 1.165) is 22.2 Å². The van der Waals surface area contributed by atoms with E-state index in [2.05, 4.69) is 6.58 Å². The first-order valence-corrected chi connectivity index (χ1v) is 3.39. The van der Waals surface area contributed by atoms with Gasteiger partial charge < -0.3 is 4.43 Å². The third-order valence-electron chi connectivity index (χ3n) is 1.29. The van der Waals surface area contributed by atoms with Crippen LogP contribution in [0, 0.1) is 5.92 Å². The monoisotopic (exact) mass is 114 g/mol. The highest BCUT2D eigenvalue weighted by molar-refractivity contribution is 5.98. The van der Waals surface area contributed by atoms with Crippen LogP contribution >= 0.6 is 0 Å². The predicted octanol–water partition coefficient (Wildman–Crippen LogP) is 0.207. The van der Waals surface area contributed by atoms with Crippen molar-refractivity contribution in [2.45, 2.75) is 12.8 Å². The minimum absolute atomic E-state index is 0.734. The molecule has 1 saturated carbocycles. The van der Waals surface area contributed by atoms with Gasteiger partial charge in [0, 0.05) is 5.92 Å². The molecule has 0 bridgehead atoms. The predicted molar refractivity (Wildman–Crippen MR) is 32.9 cm³/mol. The first-order chi connectivity index (χ1) is 3.34. The van der Waals surface area contributed by atoms with E-state index in [1.54, 1.807) is 0 Å². The van der Waals surface area contributed by atoms with Crippen molar-refractivity contribution < 1.29 is 4.43 Å². The molecule has 1 rings (SSSR count). The Morgan fingerprint density at radius 1 is 1.71 bits per heavy atom. The maximum atomic E-state index is 5.02. The molecule has 0 unspecified atom stereocenters. The molecule has 0 amide bonds. The number of hydrogen-bond donors (Lipinski definition) is 0. The smallest absolute Gasteiger partial charge is 0.203 e. The van der Waals surface area contributed by atoms with E-state index in [4.69, 9.17) is 4.43 Å². The van der Waals surface area contributed by atoms with Crippen LogP contribution in [0.15, 0.2) is 12.3 Å². The highest BCUT2D eigenvalue weighted by atomic mass is 28.2. The van der Waals surface area contributed by atoms with E-state index < -0.39 is 0 Å². The second-order valence-electron chi connectivity index (χ2n) is 1.94. The molecule has 0 aromatic heterocycles. The third kappa shape index (κ3) is 1.06. The summed E-state index contributed by atoms with van der Waals surface area (Å²) >= 11 is 0. The molecule has 7 heavy (non-hydrogen) atoms. The lowest BCUT2D eigenvalue weighted by atomic mass is 10.4. The molecule has 0 aliphatic heterocycles. The topological polar surface area (TPSA) is 9.23 Å². The maximum Gasteiger partial charge on any atom is 0.203 e. The summed E-state index contributed by atoms with van der Waals surface area (Å²) in [4.78, 5) is 0. The molecule has 0 saturated heterocycles. The summed E-state index contributed by atoms with van der Waals surface area (Å²) in [5, 5.41) is 0. The summed E-state index contributed by atoms with van der Waals surface area (Å²) in [6, 6.07) is 0. The van der Waals surface area contributed by atoms with Crippen LogP contribution in [0.5, 0.6) is 0 Å². The highest BCUT2D eigenvalue weighted by Gasteiger charge is 2.24. The van der Waals surface area contributed by atoms with Gasteiger partial charge in [0.05, 0.1) is 5.76 Å². The van der Waals surface area contributed by atoms with E-state index in [1.807, 2.05) is 0 Å². The molecule has 1 aliphatic carbocycles. The van der Waals surface area contributed by atoms with Gasteiger partial charge in [0.2, 0.25) is 10.5 Å². The Morgan fingerprint density at radius 3 is 2.43 bits per heavy atom. The highest BCUT2D eigenvalue weighted by Crippen LogP contribution is 2.35. The molecular weight excluding hydrogens is 104 g/mol. The largest absolute Gasteiger partial charge is 0.556 e. The Hall–Kier alpha value is -0.243. The van der Waals surface area contributed by atoms with Crippen molar-refractivity contribution in [3.8, 4) is 0 Å². The van der Waals surface area contributed by atoms with E-state index in [9.17, 15) is 0 Å². The van der Waals surface area contributed by atoms with Crippen LogP contribution < -0.4 is 0 Å². The van der Waals surface area contributed by atoms with Crippen LogP contribution in [0.1, 0.15) is 12.8 Å². The van der Waals surface area contributed by atoms with Gasteiger partial charge in [0.1, 0.15) is 0 Å². The maximum absolute atomic E-state index is 5.02. The van der Waals surface area contributed by atoms with E-state index in [-0.39, 0.29) is 0 Å². The summed E-state index contributed by atoms with van der Waals surface area (Å²) in [5.41, 5.74) is 0. The second kappa shape index (κ2) is 1.70. The van der Waals surface area contributed by atoms with Gasteiger partial charge in [0.25, 0.3) is 0 Å². The number of hydrogen-bond acceptors (Lipinski definition) is 1. The zero-order valence-corrected chi connectivity index (χ0v) is 6.61. The summed E-state index contributed by atoms with van der Waals surface area (Å²) < 4.78 is 5.02. The van der Waals surface area contributed by atoms with Gasteiger partial charge in [-0.2, -0.15) is 0 Å². The van der Waals surface area contributed by atoms with Crippen molar-refractivity contribution in [3.05, 3.63) is 12.3 Å². The molecule has 0 atom stereocenters. The minimum Gasteiger partial charge on any atom is -0.556 e. The number of rotatable bonds is 2. The summed E-state index contributed by atoms with van der Waals surface area (Å²) in [6.07, 6.45) is 2.61. The molecule has 1 fully saturated rings. The zero-order chi connectivity index (χ0) is 5.28. The van der Waals surface area contributed by atoms with Gasteiger partial charge in [-0.05, 0) is 12.8 Å². The first kappa shape index (κ1) is 4.90. The standard InChI is InChI=1S/C5H10OSi/c1-4(6-7)5-2-3-5/h5H,1-3H2,7H3. The fraction of sp³-hybridized carbons (Fsp3) is 0.600. The molecule has 40 valence electrons. The average molecular weight is 114 g/mol. The van der Waals surface area contributed by atoms with Crippen LogP contribution in [0.2, 0.25) is 0 Å². The Bertz CT molecular complexity index is 86.1. The van der Waals surface area contributed by atoms with Crippen LogP contribution in [0.4, 0.5) is 0 Å². The van der Waals surface area contributed by atoms with Crippen molar-refractivity contribution in [1.82, 2.24) is 0 Å². The summed E-state index contributed by atoms with van der Waals surface area (Å²) in [6.45, 7) is 3.75. The normalized spacial score (nSPS) is 19.4. The van der Waals surface area contributed by atoms with Crippen LogP contribution in [0.3, 0.4) is 0 Å². The van der Waals surface area contributed by atoms with Gasteiger partial charge in [-0.1, -0.05) is 6.58 Å². The van der Waals surface area contributed by atoms with Crippen molar-refractivity contribution in [2.24, 2.45) is 5.92 Å². The molecule has 0 radical (unpaired) electrons. The molecule has 1 aliphatic rings. The van der Waals surface area contributed by atoms with Crippen LogP contribution in [0.25, 0.3) is 0 Å². The lowest BCUT2D eigenvalue weighted by molar-refractivity contribution is 0.437. The molecule has 0 spiro atoms. The Morgan fingerprint density at radius 2 is 2.29 bits per heavy atom. The zero-order valence-electron chi connectivity index (χ0n) is 4.61. The second-order valence-corrected chi connectivity index (χ2v) is 2.35. The Labute approximate surface area is 46.9 Å². The van der Waals surface area contributed by atoms with E-state index in [1.165, 1.54) is 12.8 Å². The minimum atomic E-state index is 0.734. The molecular formula is C5H10OSi. The Kier molecular flexibility index (Phi) is 1.19. The SMILES string of the molecule is C=C(O[SiH3])C1CC1. The molecule has 0 aromatic carbocycles. The van der Waals surface area contributed by atoms with Crippen LogP contribution in [-0.2, 0) is 4.43 Å². The fourth-order valence-electron chi connectivity index (χ4n) is 0.572. The van der Waals surface area contributed by atoms with Crippen LogP contribution in [-0.4, -0.2) is 10.5 Å². The number of allylic oxidation sites excluding steroid dienone is 1. The fourth-order valence-corrected chi connectivity index (χ4v) is 0.905.